The lowest BCUT2D eigenvalue weighted by molar-refractivity contribution is 0.267. The summed E-state index contributed by atoms with van der Waals surface area (Å²) in [4.78, 5) is 24.2. The molecule has 1 aliphatic rings. The standard InChI is InChI=1S/C21H23N7O/c29-20-16-6-2-3-7-17(16)23-21(24-20)22-9-10-27-11-13-28(14-12-27)19-15-5-1-4-8-18(15)25-26-19/h1-8H,9-14H2,(H,25,26)(H2,22,23,24,29). The van der Waals surface area contributed by atoms with Crippen LogP contribution >= 0.6 is 0 Å². The minimum absolute atomic E-state index is 0.113. The van der Waals surface area contributed by atoms with Gasteiger partial charge in [-0.05, 0) is 24.3 Å². The Kier molecular flexibility index (Phi) is 4.61. The Bertz CT molecular complexity index is 1190. The van der Waals surface area contributed by atoms with Gasteiger partial charge in [-0.15, -0.1) is 0 Å². The Hall–Kier alpha value is -3.39. The van der Waals surface area contributed by atoms with Crippen LogP contribution in [0.4, 0.5) is 11.8 Å². The molecule has 8 heteroatoms. The summed E-state index contributed by atoms with van der Waals surface area (Å²) >= 11 is 0. The van der Waals surface area contributed by atoms with E-state index < -0.39 is 0 Å². The molecule has 0 saturated carbocycles. The van der Waals surface area contributed by atoms with Crippen molar-refractivity contribution in [2.24, 2.45) is 0 Å². The topological polar surface area (TPSA) is 92.9 Å². The number of anilines is 2. The molecule has 0 aliphatic carbocycles. The highest BCUT2D eigenvalue weighted by atomic mass is 16.1. The first-order valence-corrected chi connectivity index (χ1v) is 9.91. The van der Waals surface area contributed by atoms with Gasteiger partial charge in [-0.1, -0.05) is 24.3 Å². The van der Waals surface area contributed by atoms with Crippen LogP contribution < -0.4 is 15.8 Å². The highest BCUT2D eigenvalue weighted by molar-refractivity contribution is 5.90. The molecule has 2 aromatic carbocycles. The predicted molar refractivity (Wildman–Crippen MR) is 116 cm³/mol. The quantitative estimate of drug-likeness (QED) is 0.484. The summed E-state index contributed by atoms with van der Waals surface area (Å²) < 4.78 is 0. The molecule has 0 spiro atoms. The number of para-hydroxylation sites is 2. The second-order valence-corrected chi connectivity index (χ2v) is 7.28. The monoisotopic (exact) mass is 389 g/mol. The molecular formula is C21H23N7O. The van der Waals surface area contributed by atoms with Crippen molar-refractivity contribution in [2.45, 2.75) is 0 Å². The number of fused-ring (bicyclic) bond motifs is 2. The van der Waals surface area contributed by atoms with E-state index in [1.165, 1.54) is 5.39 Å². The van der Waals surface area contributed by atoms with Gasteiger partial charge >= 0.3 is 0 Å². The lowest BCUT2D eigenvalue weighted by atomic mass is 10.2. The molecule has 5 rings (SSSR count). The van der Waals surface area contributed by atoms with Crippen LogP contribution in [0.25, 0.3) is 21.8 Å². The van der Waals surface area contributed by atoms with Crippen LogP contribution in [-0.4, -0.2) is 64.3 Å². The van der Waals surface area contributed by atoms with Crippen LogP contribution in [0.2, 0.25) is 0 Å². The molecule has 0 radical (unpaired) electrons. The highest BCUT2D eigenvalue weighted by Crippen LogP contribution is 2.24. The Morgan fingerprint density at radius 3 is 2.59 bits per heavy atom. The summed E-state index contributed by atoms with van der Waals surface area (Å²) in [6, 6.07) is 15.6. The van der Waals surface area contributed by atoms with Crippen LogP contribution in [0.3, 0.4) is 0 Å². The van der Waals surface area contributed by atoms with E-state index in [1.54, 1.807) is 6.07 Å². The fourth-order valence-electron chi connectivity index (χ4n) is 3.88. The number of rotatable bonds is 5. The van der Waals surface area contributed by atoms with Crippen molar-refractivity contribution in [3.63, 3.8) is 0 Å². The molecule has 0 amide bonds. The number of aromatic amines is 2. The van der Waals surface area contributed by atoms with Crippen LogP contribution in [0.5, 0.6) is 0 Å². The molecule has 1 fully saturated rings. The van der Waals surface area contributed by atoms with Crippen LogP contribution in [0.15, 0.2) is 53.3 Å². The number of nitrogens with zero attached hydrogens (tertiary/aromatic N) is 4. The molecule has 4 aromatic rings. The van der Waals surface area contributed by atoms with Gasteiger partial charge in [-0.2, -0.15) is 5.10 Å². The van der Waals surface area contributed by atoms with Crippen molar-refractivity contribution >= 4 is 33.6 Å². The van der Waals surface area contributed by atoms with E-state index in [0.29, 0.717) is 16.9 Å². The Balaban J connectivity index is 1.16. The number of benzene rings is 2. The molecule has 29 heavy (non-hydrogen) atoms. The number of hydrogen-bond acceptors (Lipinski definition) is 6. The number of nitrogens with one attached hydrogen (secondary N) is 3. The first-order chi connectivity index (χ1) is 14.3. The number of aromatic nitrogens is 4. The minimum atomic E-state index is -0.113. The Labute approximate surface area is 167 Å². The fourth-order valence-corrected chi connectivity index (χ4v) is 3.88. The van der Waals surface area contributed by atoms with Gasteiger partial charge in [0.2, 0.25) is 5.95 Å². The van der Waals surface area contributed by atoms with Gasteiger partial charge in [0.25, 0.3) is 5.56 Å². The second-order valence-electron chi connectivity index (χ2n) is 7.28. The molecule has 1 saturated heterocycles. The Morgan fingerprint density at radius 1 is 0.966 bits per heavy atom. The summed E-state index contributed by atoms with van der Waals surface area (Å²) in [5.74, 6) is 1.56. The highest BCUT2D eigenvalue weighted by Gasteiger charge is 2.20. The number of piperazine rings is 1. The van der Waals surface area contributed by atoms with Gasteiger partial charge in [-0.3, -0.25) is 19.8 Å². The zero-order chi connectivity index (χ0) is 19.6. The van der Waals surface area contributed by atoms with Crippen molar-refractivity contribution in [3.05, 3.63) is 58.9 Å². The fraction of sp³-hybridized carbons (Fsp3) is 0.286. The third-order valence-electron chi connectivity index (χ3n) is 5.46. The third kappa shape index (κ3) is 3.54. The summed E-state index contributed by atoms with van der Waals surface area (Å²) in [5.41, 5.74) is 1.67. The first kappa shape index (κ1) is 17.7. The first-order valence-electron chi connectivity index (χ1n) is 9.91. The minimum Gasteiger partial charge on any atom is -0.354 e. The Morgan fingerprint density at radius 2 is 1.72 bits per heavy atom. The van der Waals surface area contributed by atoms with Crippen LogP contribution in [0.1, 0.15) is 0 Å². The predicted octanol–water partition coefficient (Wildman–Crippen LogP) is 2.03. The van der Waals surface area contributed by atoms with E-state index in [9.17, 15) is 4.79 Å². The maximum atomic E-state index is 12.1. The van der Waals surface area contributed by atoms with Gasteiger partial charge in [0.1, 0.15) is 0 Å². The lowest BCUT2D eigenvalue weighted by Crippen LogP contribution is -2.47. The maximum absolute atomic E-state index is 12.1. The van der Waals surface area contributed by atoms with Crippen molar-refractivity contribution in [1.29, 1.82) is 0 Å². The van der Waals surface area contributed by atoms with Gasteiger partial charge < -0.3 is 10.2 Å². The molecule has 0 unspecified atom stereocenters. The average Bonchev–Trinajstić information content (AvgIpc) is 3.19. The van der Waals surface area contributed by atoms with E-state index in [-0.39, 0.29) is 5.56 Å². The number of hydrogen-bond donors (Lipinski definition) is 3. The number of H-pyrrole nitrogens is 2. The van der Waals surface area contributed by atoms with E-state index in [0.717, 1.165) is 50.6 Å². The second kappa shape index (κ2) is 7.56. The largest absolute Gasteiger partial charge is 0.354 e. The summed E-state index contributed by atoms with van der Waals surface area (Å²) in [6.07, 6.45) is 0. The molecule has 3 heterocycles. The summed E-state index contributed by atoms with van der Waals surface area (Å²) in [6.45, 7) is 5.47. The van der Waals surface area contributed by atoms with Crippen molar-refractivity contribution in [3.8, 4) is 0 Å². The van der Waals surface area contributed by atoms with Crippen molar-refractivity contribution in [2.75, 3.05) is 49.5 Å². The zero-order valence-corrected chi connectivity index (χ0v) is 16.1. The molecule has 2 aromatic heterocycles. The van der Waals surface area contributed by atoms with Gasteiger partial charge in [0, 0.05) is 44.7 Å². The zero-order valence-electron chi connectivity index (χ0n) is 16.1. The summed E-state index contributed by atoms with van der Waals surface area (Å²) in [5, 5.41) is 12.7. The average molecular weight is 389 g/mol. The molecule has 8 nitrogen and oxygen atoms in total. The molecule has 0 atom stereocenters. The van der Waals surface area contributed by atoms with E-state index in [1.807, 2.05) is 24.3 Å². The van der Waals surface area contributed by atoms with Crippen LogP contribution in [0, 0.1) is 0 Å². The van der Waals surface area contributed by atoms with Gasteiger partial charge in [0.15, 0.2) is 5.82 Å². The molecular weight excluding hydrogens is 366 g/mol. The van der Waals surface area contributed by atoms with E-state index in [4.69, 9.17) is 0 Å². The molecule has 0 bridgehead atoms. The van der Waals surface area contributed by atoms with Crippen LogP contribution in [-0.2, 0) is 0 Å². The SMILES string of the molecule is O=c1[nH]c(NCCN2CCN(c3n[nH]c4ccccc34)CC2)nc2ccccc12. The van der Waals surface area contributed by atoms with Gasteiger partial charge in [-0.25, -0.2) is 4.98 Å². The normalized spacial score (nSPS) is 15.2. The lowest BCUT2D eigenvalue weighted by Gasteiger charge is -2.35. The molecule has 1 aliphatic heterocycles. The van der Waals surface area contributed by atoms with E-state index in [2.05, 4.69) is 53.5 Å². The third-order valence-corrected chi connectivity index (χ3v) is 5.46. The van der Waals surface area contributed by atoms with Gasteiger partial charge in [0.05, 0.1) is 16.4 Å². The summed E-state index contributed by atoms with van der Waals surface area (Å²) in [7, 11) is 0. The molecule has 3 N–H and O–H groups in total. The van der Waals surface area contributed by atoms with Crippen molar-refractivity contribution < 1.29 is 0 Å². The maximum Gasteiger partial charge on any atom is 0.260 e. The smallest absolute Gasteiger partial charge is 0.260 e. The van der Waals surface area contributed by atoms with E-state index >= 15 is 0 Å². The van der Waals surface area contributed by atoms with Crippen molar-refractivity contribution in [1.82, 2.24) is 25.1 Å². The molecule has 148 valence electrons.